The zero-order valence-electron chi connectivity index (χ0n) is 16.8. The lowest BCUT2D eigenvalue weighted by atomic mass is 9.75. The van der Waals surface area contributed by atoms with Gasteiger partial charge in [-0.3, -0.25) is 24.2 Å². The molecule has 1 spiro atoms. The molecule has 6 heteroatoms. The number of amides is 3. The number of rotatable bonds is 2. The Hall–Kier alpha value is -2.99. The van der Waals surface area contributed by atoms with Gasteiger partial charge in [-0.15, -0.1) is 0 Å². The maximum atomic E-state index is 13.7. The van der Waals surface area contributed by atoms with E-state index < -0.39 is 17.4 Å². The van der Waals surface area contributed by atoms with Crippen molar-refractivity contribution in [2.24, 2.45) is 11.8 Å². The minimum Gasteiger partial charge on any atom is -0.324 e. The van der Waals surface area contributed by atoms with Gasteiger partial charge in [-0.2, -0.15) is 0 Å². The molecule has 1 N–H and O–H groups in total. The monoisotopic (exact) mass is 401 g/mol. The summed E-state index contributed by atoms with van der Waals surface area (Å²) in [5.41, 5.74) is 2.50. The standard InChI is InChI=1S/C24H23N3O3/c1-14-9-10-17-16(12-14)24(23(30)25-17)20-19(18-8-5-11-27(18)24)21(28)26(22(20)29)13-15-6-3-2-4-7-15/h2-4,6-7,9-10,12,18-20H,5,8,11,13H2,1H3,(H,25,30). The van der Waals surface area contributed by atoms with Crippen LogP contribution in [0.25, 0.3) is 0 Å². The first kappa shape index (κ1) is 17.8. The van der Waals surface area contributed by atoms with Crippen LogP contribution in [0.1, 0.15) is 29.5 Å². The maximum absolute atomic E-state index is 13.7. The highest BCUT2D eigenvalue weighted by Crippen LogP contribution is 2.60. The number of hydrogen-bond acceptors (Lipinski definition) is 4. The number of imide groups is 1. The number of carbonyl (C=O) groups is 3. The predicted molar refractivity (Wildman–Crippen MR) is 110 cm³/mol. The van der Waals surface area contributed by atoms with Crippen LogP contribution < -0.4 is 5.32 Å². The summed E-state index contributed by atoms with van der Waals surface area (Å²) in [6, 6.07) is 15.4. The molecule has 0 aliphatic carbocycles. The molecule has 4 unspecified atom stereocenters. The van der Waals surface area contributed by atoms with Crippen molar-refractivity contribution in [3.63, 3.8) is 0 Å². The predicted octanol–water partition coefficient (Wildman–Crippen LogP) is 2.42. The van der Waals surface area contributed by atoms with Gasteiger partial charge in [-0.25, -0.2) is 0 Å². The van der Waals surface area contributed by atoms with Gasteiger partial charge in [-0.1, -0.05) is 48.0 Å². The number of aryl methyl sites for hydroxylation is 1. The molecule has 3 amide bonds. The molecule has 3 fully saturated rings. The van der Waals surface area contributed by atoms with E-state index in [1.165, 1.54) is 4.90 Å². The molecule has 30 heavy (non-hydrogen) atoms. The fourth-order valence-electron chi connectivity index (χ4n) is 6.30. The van der Waals surface area contributed by atoms with Gasteiger partial charge in [0.1, 0.15) is 5.54 Å². The zero-order chi connectivity index (χ0) is 20.6. The summed E-state index contributed by atoms with van der Waals surface area (Å²) in [4.78, 5) is 44.3. The Balaban J connectivity index is 1.50. The highest BCUT2D eigenvalue weighted by atomic mass is 16.2. The third-order valence-corrected chi connectivity index (χ3v) is 7.42. The largest absolute Gasteiger partial charge is 0.324 e. The van der Waals surface area contributed by atoms with Crippen LogP contribution in [0.5, 0.6) is 0 Å². The number of nitrogens with zero attached hydrogens (tertiary/aromatic N) is 2. The summed E-state index contributed by atoms with van der Waals surface area (Å²) >= 11 is 0. The number of fused-ring (bicyclic) bond motifs is 7. The fraction of sp³-hybridized carbons (Fsp3) is 0.375. The third-order valence-electron chi connectivity index (χ3n) is 7.42. The van der Waals surface area contributed by atoms with Crippen molar-refractivity contribution in [3.8, 4) is 0 Å². The van der Waals surface area contributed by atoms with Crippen molar-refractivity contribution < 1.29 is 14.4 Å². The second kappa shape index (κ2) is 6.01. The summed E-state index contributed by atoms with van der Waals surface area (Å²) < 4.78 is 0. The van der Waals surface area contributed by atoms with Gasteiger partial charge in [0.2, 0.25) is 17.7 Å². The van der Waals surface area contributed by atoms with Crippen LogP contribution in [0.15, 0.2) is 48.5 Å². The Morgan fingerprint density at radius 2 is 1.87 bits per heavy atom. The number of hydrogen-bond donors (Lipinski definition) is 1. The first-order chi connectivity index (χ1) is 14.5. The quantitative estimate of drug-likeness (QED) is 0.785. The van der Waals surface area contributed by atoms with E-state index in [9.17, 15) is 14.4 Å². The first-order valence-electron chi connectivity index (χ1n) is 10.6. The van der Waals surface area contributed by atoms with Crippen LogP contribution in [0.4, 0.5) is 5.69 Å². The molecule has 4 heterocycles. The normalized spacial score (nSPS) is 32.0. The van der Waals surface area contributed by atoms with Gasteiger partial charge in [0, 0.05) is 17.3 Å². The highest BCUT2D eigenvalue weighted by molar-refractivity contribution is 6.15. The second-order valence-corrected chi connectivity index (χ2v) is 8.92. The molecule has 152 valence electrons. The van der Waals surface area contributed by atoms with E-state index >= 15 is 0 Å². The fourth-order valence-corrected chi connectivity index (χ4v) is 6.30. The molecular formula is C24H23N3O3. The molecule has 0 saturated carbocycles. The summed E-state index contributed by atoms with van der Waals surface area (Å²) in [6.45, 7) is 2.99. The number of carbonyl (C=O) groups excluding carboxylic acids is 3. The van der Waals surface area contributed by atoms with Gasteiger partial charge in [-0.05, 0) is 37.9 Å². The van der Waals surface area contributed by atoms with Gasteiger partial charge < -0.3 is 5.32 Å². The number of nitrogens with one attached hydrogen (secondary N) is 1. The topological polar surface area (TPSA) is 69.7 Å². The Morgan fingerprint density at radius 3 is 2.67 bits per heavy atom. The average Bonchev–Trinajstić information content (AvgIpc) is 3.44. The average molecular weight is 401 g/mol. The lowest BCUT2D eigenvalue weighted by Gasteiger charge is -2.36. The minimum absolute atomic E-state index is 0.0653. The summed E-state index contributed by atoms with van der Waals surface area (Å²) in [5, 5.41) is 3.02. The first-order valence-corrected chi connectivity index (χ1v) is 10.6. The molecular weight excluding hydrogens is 378 g/mol. The second-order valence-electron chi connectivity index (χ2n) is 8.92. The zero-order valence-corrected chi connectivity index (χ0v) is 16.8. The molecule has 6 nitrogen and oxygen atoms in total. The lowest BCUT2D eigenvalue weighted by molar-refractivity contribution is -0.146. The van der Waals surface area contributed by atoms with E-state index in [-0.39, 0.29) is 30.3 Å². The Morgan fingerprint density at radius 1 is 1.07 bits per heavy atom. The van der Waals surface area contributed by atoms with Gasteiger partial charge >= 0.3 is 0 Å². The SMILES string of the molecule is Cc1ccc2c(c1)C1(C(=O)N2)C2C(=O)N(Cc3ccccc3)C(=O)C2C2CCCN21. The molecule has 6 rings (SSSR count). The van der Waals surface area contributed by atoms with Gasteiger partial charge in [0.25, 0.3) is 0 Å². The van der Waals surface area contributed by atoms with Crippen LogP contribution in [-0.4, -0.2) is 40.1 Å². The Labute approximate surface area is 174 Å². The minimum atomic E-state index is -1.08. The number of benzene rings is 2. The molecule has 4 atom stereocenters. The van der Waals surface area contributed by atoms with Crippen LogP contribution in [0.3, 0.4) is 0 Å². The molecule has 4 aliphatic rings. The smallest absolute Gasteiger partial charge is 0.250 e. The van der Waals surface area contributed by atoms with Crippen LogP contribution in [0, 0.1) is 18.8 Å². The van der Waals surface area contributed by atoms with Crippen molar-refractivity contribution in [1.29, 1.82) is 0 Å². The van der Waals surface area contributed by atoms with Gasteiger partial charge in [0.05, 0.1) is 18.4 Å². The van der Waals surface area contributed by atoms with Crippen molar-refractivity contribution in [2.45, 2.75) is 37.9 Å². The summed E-state index contributed by atoms with van der Waals surface area (Å²) in [6.07, 6.45) is 1.78. The van der Waals surface area contributed by atoms with Crippen LogP contribution in [0.2, 0.25) is 0 Å². The van der Waals surface area contributed by atoms with Crippen molar-refractivity contribution >= 4 is 23.4 Å². The van der Waals surface area contributed by atoms with E-state index in [1.807, 2.05) is 55.5 Å². The van der Waals surface area contributed by atoms with Crippen molar-refractivity contribution in [2.75, 3.05) is 11.9 Å². The molecule has 0 bridgehead atoms. The van der Waals surface area contributed by atoms with E-state index in [2.05, 4.69) is 10.2 Å². The van der Waals surface area contributed by atoms with Gasteiger partial charge in [0.15, 0.2) is 0 Å². The molecule has 0 radical (unpaired) electrons. The maximum Gasteiger partial charge on any atom is 0.250 e. The van der Waals surface area contributed by atoms with E-state index in [0.717, 1.165) is 41.8 Å². The van der Waals surface area contributed by atoms with E-state index in [0.29, 0.717) is 0 Å². The molecule has 4 aliphatic heterocycles. The Bertz CT molecular complexity index is 1100. The number of likely N-dealkylation sites (tertiary alicyclic amines) is 1. The molecule has 0 aromatic heterocycles. The third kappa shape index (κ3) is 2.04. The van der Waals surface area contributed by atoms with Crippen LogP contribution in [-0.2, 0) is 26.5 Å². The molecule has 3 saturated heterocycles. The van der Waals surface area contributed by atoms with Crippen molar-refractivity contribution in [1.82, 2.24) is 9.80 Å². The molecule has 2 aromatic carbocycles. The summed E-state index contributed by atoms with van der Waals surface area (Å²) in [5.74, 6) is -1.63. The molecule has 2 aromatic rings. The highest BCUT2D eigenvalue weighted by Gasteiger charge is 2.74. The lowest BCUT2D eigenvalue weighted by Crippen LogP contribution is -2.54. The number of anilines is 1. The Kier molecular flexibility index (Phi) is 3.58. The van der Waals surface area contributed by atoms with E-state index in [4.69, 9.17) is 0 Å². The summed E-state index contributed by atoms with van der Waals surface area (Å²) in [7, 11) is 0. The van der Waals surface area contributed by atoms with E-state index in [1.54, 1.807) is 0 Å². The van der Waals surface area contributed by atoms with Crippen molar-refractivity contribution in [3.05, 3.63) is 65.2 Å². The van der Waals surface area contributed by atoms with Crippen LogP contribution >= 0.6 is 0 Å².